The third-order valence-corrected chi connectivity index (χ3v) is 5.39. The van der Waals surface area contributed by atoms with E-state index < -0.39 is 0 Å². The Morgan fingerprint density at radius 1 is 1.15 bits per heavy atom. The van der Waals surface area contributed by atoms with Crippen LogP contribution in [0.3, 0.4) is 0 Å². The van der Waals surface area contributed by atoms with Crippen molar-refractivity contribution in [1.82, 2.24) is 15.1 Å². The van der Waals surface area contributed by atoms with Crippen LogP contribution in [0, 0.1) is 5.92 Å². The molecule has 3 unspecified atom stereocenters. The third kappa shape index (κ3) is 4.71. The van der Waals surface area contributed by atoms with Gasteiger partial charge in [-0.05, 0) is 71.6 Å². The molecule has 20 heavy (non-hydrogen) atoms. The van der Waals surface area contributed by atoms with Crippen LogP contribution >= 0.6 is 0 Å². The van der Waals surface area contributed by atoms with Gasteiger partial charge in [0.1, 0.15) is 0 Å². The SMILES string of the molecule is CCCN1CCCC(C(C)NCC2CCCCN2C)C1. The standard InChI is InChI=1S/C17H35N3/c1-4-10-20-12-7-8-16(14-20)15(2)18-13-17-9-5-6-11-19(17)3/h15-18H,4-14H2,1-3H3. The van der Waals surface area contributed by atoms with Crippen LogP contribution in [-0.2, 0) is 0 Å². The van der Waals surface area contributed by atoms with Gasteiger partial charge in [-0.25, -0.2) is 0 Å². The van der Waals surface area contributed by atoms with E-state index in [2.05, 4.69) is 36.0 Å². The van der Waals surface area contributed by atoms with Crippen molar-refractivity contribution < 1.29 is 0 Å². The van der Waals surface area contributed by atoms with Gasteiger partial charge in [0.2, 0.25) is 0 Å². The summed E-state index contributed by atoms with van der Waals surface area (Å²) in [6.07, 6.45) is 8.27. The molecule has 2 fully saturated rings. The van der Waals surface area contributed by atoms with E-state index in [9.17, 15) is 0 Å². The van der Waals surface area contributed by atoms with Gasteiger partial charge in [-0.15, -0.1) is 0 Å². The van der Waals surface area contributed by atoms with Crippen LogP contribution in [0.2, 0.25) is 0 Å². The minimum absolute atomic E-state index is 0.671. The first kappa shape index (κ1) is 16.3. The fraction of sp³-hybridized carbons (Fsp3) is 1.00. The molecule has 0 bridgehead atoms. The second-order valence-electron chi connectivity index (χ2n) is 7.03. The lowest BCUT2D eigenvalue weighted by Gasteiger charge is -2.38. The highest BCUT2D eigenvalue weighted by atomic mass is 15.2. The zero-order chi connectivity index (χ0) is 14.4. The molecule has 1 N–H and O–H groups in total. The average molecular weight is 281 g/mol. The van der Waals surface area contributed by atoms with E-state index in [4.69, 9.17) is 0 Å². The Labute approximate surface area is 126 Å². The molecule has 0 aromatic heterocycles. The zero-order valence-corrected chi connectivity index (χ0v) is 13.9. The lowest BCUT2D eigenvalue weighted by Crippen LogP contribution is -2.49. The van der Waals surface area contributed by atoms with E-state index in [0.717, 1.165) is 12.0 Å². The van der Waals surface area contributed by atoms with Crippen LogP contribution in [-0.4, -0.2) is 61.7 Å². The summed E-state index contributed by atoms with van der Waals surface area (Å²) in [6, 6.07) is 1.44. The predicted octanol–water partition coefficient (Wildman–Crippen LogP) is 2.57. The molecule has 118 valence electrons. The van der Waals surface area contributed by atoms with Crippen LogP contribution in [0.25, 0.3) is 0 Å². The number of rotatable bonds is 6. The highest BCUT2D eigenvalue weighted by molar-refractivity contribution is 4.83. The molecular formula is C17H35N3. The minimum Gasteiger partial charge on any atom is -0.312 e. The first-order valence-electron chi connectivity index (χ1n) is 8.86. The number of nitrogens with zero attached hydrogens (tertiary/aromatic N) is 2. The van der Waals surface area contributed by atoms with Crippen LogP contribution in [0.5, 0.6) is 0 Å². The van der Waals surface area contributed by atoms with E-state index in [1.165, 1.54) is 71.2 Å². The minimum atomic E-state index is 0.671. The van der Waals surface area contributed by atoms with Gasteiger partial charge in [0, 0.05) is 25.2 Å². The summed E-state index contributed by atoms with van der Waals surface area (Å²) in [5.41, 5.74) is 0. The van der Waals surface area contributed by atoms with Gasteiger partial charge in [-0.3, -0.25) is 0 Å². The Balaban J connectivity index is 1.71. The fourth-order valence-corrected chi connectivity index (χ4v) is 3.91. The van der Waals surface area contributed by atoms with Crippen LogP contribution in [0.4, 0.5) is 0 Å². The highest BCUT2D eigenvalue weighted by Gasteiger charge is 2.25. The fourth-order valence-electron chi connectivity index (χ4n) is 3.91. The number of piperidine rings is 2. The molecule has 0 aromatic rings. The molecule has 0 radical (unpaired) electrons. The summed E-state index contributed by atoms with van der Waals surface area (Å²) in [7, 11) is 2.29. The van der Waals surface area contributed by atoms with Gasteiger partial charge < -0.3 is 15.1 Å². The molecule has 0 amide bonds. The summed E-state index contributed by atoms with van der Waals surface area (Å²) in [6.45, 7) is 11.1. The Morgan fingerprint density at radius 3 is 2.75 bits per heavy atom. The number of likely N-dealkylation sites (N-methyl/N-ethyl adjacent to an activating group) is 1. The van der Waals surface area contributed by atoms with Crippen molar-refractivity contribution in [3.8, 4) is 0 Å². The first-order valence-corrected chi connectivity index (χ1v) is 8.86. The highest BCUT2D eigenvalue weighted by Crippen LogP contribution is 2.20. The van der Waals surface area contributed by atoms with Gasteiger partial charge >= 0.3 is 0 Å². The molecule has 0 saturated carbocycles. The van der Waals surface area contributed by atoms with Crippen LogP contribution in [0.15, 0.2) is 0 Å². The molecule has 0 spiro atoms. The molecular weight excluding hydrogens is 246 g/mol. The molecule has 2 heterocycles. The first-order chi connectivity index (χ1) is 9.70. The van der Waals surface area contributed by atoms with Gasteiger partial charge in [0.25, 0.3) is 0 Å². The summed E-state index contributed by atoms with van der Waals surface area (Å²) in [5.74, 6) is 0.851. The lowest BCUT2D eigenvalue weighted by atomic mass is 9.91. The Bertz CT molecular complexity index is 267. The normalized spacial score (nSPS) is 31.4. The monoisotopic (exact) mass is 281 g/mol. The second-order valence-corrected chi connectivity index (χ2v) is 7.03. The topological polar surface area (TPSA) is 18.5 Å². The van der Waals surface area contributed by atoms with Crippen molar-refractivity contribution in [1.29, 1.82) is 0 Å². The number of nitrogens with one attached hydrogen (secondary N) is 1. The van der Waals surface area contributed by atoms with E-state index in [1.807, 2.05) is 0 Å². The van der Waals surface area contributed by atoms with Gasteiger partial charge in [0.05, 0.1) is 0 Å². The third-order valence-electron chi connectivity index (χ3n) is 5.39. The predicted molar refractivity (Wildman–Crippen MR) is 87.2 cm³/mol. The number of hydrogen-bond acceptors (Lipinski definition) is 3. The summed E-state index contributed by atoms with van der Waals surface area (Å²) < 4.78 is 0. The largest absolute Gasteiger partial charge is 0.312 e. The van der Waals surface area contributed by atoms with E-state index in [1.54, 1.807) is 0 Å². The molecule has 0 aromatic carbocycles. The van der Waals surface area contributed by atoms with Crippen molar-refractivity contribution >= 4 is 0 Å². The quantitative estimate of drug-likeness (QED) is 0.807. The van der Waals surface area contributed by atoms with Crippen molar-refractivity contribution in [2.75, 3.05) is 39.8 Å². The lowest BCUT2D eigenvalue weighted by molar-refractivity contribution is 0.138. The second kappa shape index (κ2) is 8.35. The Kier molecular flexibility index (Phi) is 6.79. The maximum Gasteiger partial charge on any atom is 0.0217 e. The maximum absolute atomic E-state index is 3.85. The van der Waals surface area contributed by atoms with Crippen LogP contribution < -0.4 is 5.32 Å². The van der Waals surface area contributed by atoms with Crippen molar-refractivity contribution in [2.45, 2.75) is 64.5 Å². The van der Waals surface area contributed by atoms with Gasteiger partial charge in [0.15, 0.2) is 0 Å². The maximum atomic E-state index is 3.85. The summed E-state index contributed by atoms with van der Waals surface area (Å²) in [4.78, 5) is 5.21. The van der Waals surface area contributed by atoms with Crippen molar-refractivity contribution in [3.05, 3.63) is 0 Å². The molecule has 3 nitrogen and oxygen atoms in total. The molecule has 2 aliphatic heterocycles. The molecule has 3 atom stereocenters. The van der Waals surface area contributed by atoms with Crippen molar-refractivity contribution in [2.24, 2.45) is 5.92 Å². The molecule has 3 heteroatoms. The average Bonchev–Trinajstić information content (AvgIpc) is 2.47. The van der Waals surface area contributed by atoms with Crippen LogP contribution in [0.1, 0.15) is 52.4 Å². The summed E-state index contributed by atoms with van der Waals surface area (Å²) >= 11 is 0. The van der Waals surface area contributed by atoms with E-state index >= 15 is 0 Å². The van der Waals surface area contributed by atoms with E-state index in [-0.39, 0.29) is 0 Å². The molecule has 0 aliphatic carbocycles. The van der Waals surface area contributed by atoms with Gasteiger partial charge in [-0.1, -0.05) is 13.3 Å². The van der Waals surface area contributed by atoms with Gasteiger partial charge in [-0.2, -0.15) is 0 Å². The smallest absolute Gasteiger partial charge is 0.0217 e. The van der Waals surface area contributed by atoms with E-state index in [0.29, 0.717) is 6.04 Å². The number of likely N-dealkylation sites (tertiary alicyclic amines) is 2. The molecule has 2 saturated heterocycles. The Morgan fingerprint density at radius 2 is 2.00 bits per heavy atom. The van der Waals surface area contributed by atoms with Crippen molar-refractivity contribution in [3.63, 3.8) is 0 Å². The molecule has 2 aliphatic rings. The Hall–Kier alpha value is -0.120. The zero-order valence-electron chi connectivity index (χ0n) is 13.9. The molecule has 2 rings (SSSR count). The number of hydrogen-bond donors (Lipinski definition) is 1. The summed E-state index contributed by atoms with van der Waals surface area (Å²) in [5, 5.41) is 3.85.